The quantitative estimate of drug-likeness (QED) is 0.495. The highest BCUT2D eigenvalue weighted by Crippen LogP contribution is 2.14. The summed E-state index contributed by atoms with van der Waals surface area (Å²) in [6.07, 6.45) is 8.32. The van der Waals surface area contributed by atoms with Crippen LogP contribution in [0.4, 0.5) is 4.39 Å². The molecule has 5 nitrogen and oxygen atoms in total. The molecule has 2 heterocycles. The number of fused-ring (bicyclic) bond motifs is 1. The molecule has 2 aromatic heterocycles. The van der Waals surface area contributed by atoms with E-state index in [2.05, 4.69) is 17.2 Å². The summed E-state index contributed by atoms with van der Waals surface area (Å²) in [4.78, 5) is 30.1. The average molecular weight is 410 g/mol. The lowest BCUT2D eigenvalue weighted by Crippen LogP contribution is -2.34. The smallest absolute Gasteiger partial charge is 0.265 e. The van der Waals surface area contributed by atoms with Crippen molar-refractivity contribution in [1.82, 2.24) is 14.9 Å². The monoisotopic (exact) mass is 409 g/mol. The normalized spacial score (nSPS) is 11.0. The fourth-order valence-corrected chi connectivity index (χ4v) is 3.52. The molecule has 30 heavy (non-hydrogen) atoms. The molecule has 0 radical (unpaired) electrons. The van der Waals surface area contributed by atoms with Crippen molar-refractivity contribution in [3.05, 3.63) is 76.0 Å². The molecule has 0 atom stereocenters. The summed E-state index contributed by atoms with van der Waals surface area (Å²) in [7, 11) is 0. The number of nitrogens with one attached hydrogen (secondary N) is 1. The van der Waals surface area contributed by atoms with E-state index in [1.165, 1.54) is 29.9 Å². The van der Waals surface area contributed by atoms with E-state index in [0.29, 0.717) is 23.1 Å². The lowest BCUT2D eigenvalue weighted by molar-refractivity contribution is 0.0951. The van der Waals surface area contributed by atoms with Crippen molar-refractivity contribution in [3.8, 4) is 0 Å². The summed E-state index contributed by atoms with van der Waals surface area (Å²) in [6.45, 7) is 2.72. The van der Waals surface area contributed by atoms with Crippen LogP contribution in [0.3, 0.4) is 0 Å². The second-order valence-electron chi connectivity index (χ2n) is 7.48. The maximum Gasteiger partial charge on any atom is 0.265 e. The highest BCUT2D eigenvalue weighted by Gasteiger charge is 2.17. The summed E-state index contributed by atoms with van der Waals surface area (Å²) in [5.41, 5.74) is 0.386. The van der Waals surface area contributed by atoms with Gasteiger partial charge in [-0.3, -0.25) is 14.2 Å². The Morgan fingerprint density at radius 1 is 1.07 bits per heavy atom. The Morgan fingerprint density at radius 3 is 2.63 bits per heavy atom. The number of halogens is 1. The predicted octanol–water partition coefficient (Wildman–Crippen LogP) is 4.67. The molecular weight excluding hydrogens is 381 g/mol. The van der Waals surface area contributed by atoms with Gasteiger partial charge in [0.2, 0.25) is 0 Å². The van der Waals surface area contributed by atoms with E-state index in [1.807, 2.05) is 0 Å². The van der Waals surface area contributed by atoms with Gasteiger partial charge in [0, 0.05) is 23.7 Å². The standard InChI is InChI=1S/C24H28FN3O2/c1-2-3-4-5-6-9-14-27-23(29)20-16-18-12-10-15-26-22(18)28(24(20)30)17-19-11-7-8-13-21(19)25/h7-8,10-13,15-16H,2-6,9,14,17H2,1H3,(H,27,29). The number of aromatic nitrogens is 2. The number of carbonyl (C=O) groups is 1. The highest BCUT2D eigenvalue weighted by atomic mass is 19.1. The van der Waals surface area contributed by atoms with Crippen LogP contribution in [0, 0.1) is 5.82 Å². The van der Waals surface area contributed by atoms with Gasteiger partial charge in [-0.15, -0.1) is 0 Å². The fourth-order valence-electron chi connectivity index (χ4n) is 3.52. The third kappa shape index (κ3) is 5.32. The van der Waals surface area contributed by atoms with E-state index >= 15 is 0 Å². The van der Waals surface area contributed by atoms with Gasteiger partial charge >= 0.3 is 0 Å². The summed E-state index contributed by atoms with van der Waals surface area (Å²) in [5.74, 6) is -0.798. The average Bonchev–Trinajstić information content (AvgIpc) is 2.76. The van der Waals surface area contributed by atoms with Crippen LogP contribution in [0.2, 0.25) is 0 Å². The number of nitrogens with zero attached hydrogens (tertiary/aromatic N) is 2. The first-order valence-corrected chi connectivity index (χ1v) is 10.6. The van der Waals surface area contributed by atoms with Crippen LogP contribution < -0.4 is 10.9 Å². The molecule has 0 spiro atoms. The summed E-state index contributed by atoms with van der Waals surface area (Å²) < 4.78 is 15.5. The number of unbranched alkanes of at least 4 members (excludes halogenated alkanes) is 5. The highest BCUT2D eigenvalue weighted by molar-refractivity contribution is 5.96. The zero-order chi connectivity index (χ0) is 21.3. The number of benzene rings is 1. The van der Waals surface area contributed by atoms with Gasteiger partial charge in [0.15, 0.2) is 0 Å². The maximum atomic E-state index is 14.2. The molecule has 0 bridgehead atoms. The molecule has 6 heteroatoms. The van der Waals surface area contributed by atoms with Crippen LogP contribution in [0.1, 0.15) is 61.4 Å². The molecule has 1 N–H and O–H groups in total. The molecule has 0 aliphatic rings. The van der Waals surface area contributed by atoms with Crippen LogP contribution in [-0.4, -0.2) is 22.0 Å². The molecule has 1 amide bonds. The Bertz CT molecular complexity index is 1060. The number of pyridine rings is 2. The Morgan fingerprint density at radius 2 is 1.83 bits per heavy atom. The molecule has 3 aromatic rings. The van der Waals surface area contributed by atoms with Crippen molar-refractivity contribution >= 4 is 16.9 Å². The third-order valence-corrected chi connectivity index (χ3v) is 5.19. The summed E-state index contributed by atoms with van der Waals surface area (Å²) in [5, 5.41) is 3.52. The van der Waals surface area contributed by atoms with Crippen molar-refractivity contribution in [2.75, 3.05) is 6.54 Å². The van der Waals surface area contributed by atoms with E-state index in [1.54, 1.807) is 42.6 Å². The zero-order valence-electron chi connectivity index (χ0n) is 17.4. The Hall–Kier alpha value is -3.02. The summed E-state index contributed by atoms with van der Waals surface area (Å²) >= 11 is 0. The summed E-state index contributed by atoms with van der Waals surface area (Å²) in [6, 6.07) is 11.4. The second kappa shape index (κ2) is 10.7. The van der Waals surface area contributed by atoms with E-state index < -0.39 is 17.3 Å². The molecule has 0 saturated carbocycles. The van der Waals surface area contributed by atoms with Crippen LogP contribution in [0.25, 0.3) is 11.0 Å². The van der Waals surface area contributed by atoms with Crippen molar-refractivity contribution in [2.45, 2.75) is 52.0 Å². The van der Waals surface area contributed by atoms with Crippen molar-refractivity contribution in [1.29, 1.82) is 0 Å². The molecule has 3 rings (SSSR count). The molecule has 0 aliphatic carbocycles. The Kier molecular flexibility index (Phi) is 7.71. The zero-order valence-corrected chi connectivity index (χ0v) is 17.4. The molecule has 0 saturated heterocycles. The lowest BCUT2D eigenvalue weighted by Gasteiger charge is -2.13. The lowest BCUT2D eigenvalue weighted by atomic mass is 10.1. The molecule has 1 aromatic carbocycles. The number of hydrogen-bond donors (Lipinski definition) is 1. The third-order valence-electron chi connectivity index (χ3n) is 5.19. The fraction of sp³-hybridized carbons (Fsp3) is 0.375. The van der Waals surface area contributed by atoms with E-state index in [-0.39, 0.29) is 12.1 Å². The van der Waals surface area contributed by atoms with Gasteiger partial charge in [-0.25, -0.2) is 9.37 Å². The van der Waals surface area contributed by atoms with Crippen LogP contribution in [0.15, 0.2) is 53.5 Å². The minimum atomic E-state index is -0.468. The second-order valence-corrected chi connectivity index (χ2v) is 7.48. The van der Waals surface area contributed by atoms with Crippen molar-refractivity contribution in [3.63, 3.8) is 0 Å². The maximum absolute atomic E-state index is 14.2. The molecule has 0 aliphatic heterocycles. The number of hydrogen-bond acceptors (Lipinski definition) is 3. The first-order chi connectivity index (χ1) is 14.6. The molecule has 158 valence electrons. The number of amides is 1. The van der Waals surface area contributed by atoms with E-state index in [9.17, 15) is 14.0 Å². The van der Waals surface area contributed by atoms with Crippen LogP contribution in [-0.2, 0) is 6.54 Å². The molecule has 0 fully saturated rings. The SMILES string of the molecule is CCCCCCCCNC(=O)c1cc2cccnc2n(Cc2ccccc2F)c1=O. The molecule has 0 unspecified atom stereocenters. The van der Waals surface area contributed by atoms with E-state index in [0.717, 1.165) is 19.3 Å². The van der Waals surface area contributed by atoms with Crippen molar-refractivity contribution < 1.29 is 9.18 Å². The largest absolute Gasteiger partial charge is 0.352 e. The minimum absolute atomic E-state index is 0.0115. The number of rotatable bonds is 10. The number of carbonyl (C=O) groups excluding carboxylic acids is 1. The van der Waals surface area contributed by atoms with Gasteiger partial charge in [-0.2, -0.15) is 0 Å². The van der Waals surface area contributed by atoms with Gasteiger partial charge in [-0.05, 0) is 30.7 Å². The van der Waals surface area contributed by atoms with Gasteiger partial charge in [0.05, 0.1) is 6.54 Å². The first-order valence-electron chi connectivity index (χ1n) is 10.6. The van der Waals surface area contributed by atoms with Gasteiger partial charge < -0.3 is 5.32 Å². The van der Waals surface area contributed by atoms with E-state index in [4.69, 9.17) is 0 Å². The van der Waals surface area contributed by atoms with Crippen LogP contribution >= 0.6 is 0 Å². The molecular formula is C24H28FN3O2. The Balaban J connectivity index is 1.80. The van der Waals surface area contributed by atoms with Crippen LogP contribution in [0.5, 0.6) is 0 Å². The Labute approximate surface area is 176 Å². The van der Waals surface area contributed by atoms with Gasteiger partial charge in [0.1, 0.15) is 17.0 Å². The first kappa shape index (κ1) is 21.7. The van der Waals surface area contributed by atoms with Gasteiger partial charge in [-0.1, -0.05) is 57.2 Å². The van der Waals surface area contributed by atoms with Gasteiger partial charge in [0.25, 0.3) is 11.5 Å². The predicted molar refractivity (Wildman–Crippen MR) is 117 cm³/mol. The van der Waals surface area contributed by atoms with Crippen molar-refractivity contribution in [2.24, 2.45) is 0 Å². The minimum Gasteiger partial charge on any atom is -0.352 e. The topological polar surface area (TPSA) is 64.0 Å².